The Hall–Kier alpha value is -3.45. The third-order valence-corrected chi connectivity index (χ3v) is 7.32. The van der Waals surface area contributed by atoms with Gasteiger partial charge in [-0.15, -0.1) is 11.3 Å². The van der Waals surface area contributed by atoms with E-state index in [1.807, 2.05) is 42.5 Å². The molecule has 0 saturated heterocycles. The van der Waals surface area contributed by atoms with E-state index in [0.717, 1.165) is 47.3 Å². The second-order valence-electron chi connectivity index (χ2n) is 8.33. The van der Waals surface area contributed by atoms with Crippen molar-refractivity contribution >= 4 is 34.1 Å². The minimum Gasteiger partial charge on any atom is -0.448 e. The lowest BCUT2D eigenvalue weighted by atomic mass is 9.95. The molecule has 1 unspecified atom stereocenters. The maximum atomic E-state index is 13.2. The summed E-state index contributed by atoms with van der Waals surface area (Å²) < 4.78 is 5.41. The third kappa shape index (κ3) is 4.41. The van der Waals surface area contributed by atoms with Gasteiger partial charge >= 0.3 is 5.97 Å². The molecule has 5 rings (SSSR count). The van der Waals surface area contributed by atoms with Gasteiger partial charge in [-0.3, -0.25) is 9.59 Å². The Bertz CT molecular complexity index is 1220. The number of carbonyl (C=O) groups excluding carboxylic acids is 3. The van der Waals surface area contributed by atoms with Crippen molar-refractivity contribution in [3.8, 4) is 0 Å². The average Bonchev–Trinajstić information content (AvgIpc) is 3.21. The lowest BCUT2D eigenvalue weighted by Gasteiger charge is -2.23. The molecule has 2 N–H and O–H groups in total. The average molecular weight is 461 g/mol. The highest BCUT2D eigenvalue weighted by atomic mass is 32.1. The Morgan fingerprint density at radius 3 is 2.61 bits per heavy atom. The van der Waals surface area contributed by atoms with E-state index in [9.17, 15) is 14.4 Å². The SMILES string of the molecule is O=C1OC(C(=O)Nc2sc3c(c2C(=O)NCc2ccccc2)CCCC3)Cc2ccccc21. The summed E-state index contributed by atoms with van der Waals surface area (Å²) in [6, 6.07) is 16.9. The number of ether oxygens (including phenoxy) is 1. The first-order valence-corrected chi connectivity index (χ1v) is 12.0. The topological polar surface area (TPSA) is 84.5 Å². The van der Waals surface area contributed by atoms with Gasteiger partial charge in [0, 0.05) is 17.8 Å². The monoisotopic (exact) mass is 460 g/mol. The van der Waals surface area contributed by atoms with Gasteiger partial charge in [-0.1, -0.05) is 48.5 Å². The molecule has 168 valence electrons. The molecule has 33 heavy (non-hydrogen) atoms. The van der Waals surface area contributed by atoms with Crippen molar-refractivity contribution in [1.29, 1.82) is 0 Å². The molecule has 2 heterocycles. The number of carbonyl (C=O) groups is 3. The second-order valence-corrected chi connectivity index (χ2v) is 9.43. The lowest BCUT2D eigenvalue weighted by Crippen LogP contribution is -2.38. The number of esters is 1. The fraction of sp³-hybridized carbons (Fsp3) is 0.269. The molecule has 1 aliphatic heterocycles. The van der Waals surface area contributed by atoms with Gasteiger partial charge in [0.2, 0.25) is 0 Å². The van der Waals surface area contributed by atoms with Crippen LogP contribution in [0.5, 0.6) is 0 Å². The Morgan fingerprint density at radius 2 is 1.76 bits per heavy atom. The molecule has 0 fully saturated rings. The molecule has 2 amide bonds. The van der Waals surface area contributed by atoms with Crippen LogP contribution in [0.25, 0.3) is 0 Å². The molecule has 2 aliphatic rings. The van der Waals surface area contributed by atoms with E-state index in [4.69, 9.17) is 4.74 Å². The number of aryl methyl sites for hydroxylation is 1. The fourth-order valence-electron chi connectivity index (χ4n) is 4.43. The number of anilines is 1. The molecule has 0 spiro atoms. The van der Waals surface area contributed by atoms with Gasteiger partial charge in [-0.2, -0.15) is 0 Å². The van der Waals surface area contributed by atoms with Crippen LogP contribution in [0.1, 0.15) is 55.1 Å². The highest BCUT2D eigenvalue weighted by Crippen LogP contribution is 2.38. The zero-order valence-electron chi connectivity index (χ0n) is 18.1. The van der Waals surface area contributed by atoms with Gasteiger partial charge in [-0.05, 0) is 48.4 Å². The first-order valence-electron chi connectivity index (χ1n) is 11.2. The van der Waals surface area contributed by atoms with Crippen LogP contribution < -0.4 is 10.6 Å². The Labute approximate surface area is 196 Å². The number of hydrogen-bond acceptors (Lipinski definition) is 5. The van der Waals surface area contributed by atoms with E-state index in [1.165, 1.54) is 11.3 Å². The Balaban J connectivity index is 1.37. The summed E-state index contributed by atoms with van der Waals surface area (Å²) >= 11 is 1.46. The molecule has 1 aromatic heterocycles. The lowest BCUT2D eigenvalue weighted by molar-refractivity contribution is -0.125. The molecular formula is C26H24N2O4S. The summed E-state index contributed by atoms with van der Waals surface area (Å²) in [4.78, 5) is 39.8. The number of amides is 2. The first kappa shape index (κ1) is 21.4. The van der Waals surface area contributed by atoms with Crippen molar-refractivity contribution in [3.05, 3.63) is 87.3 Å². The first-order chi connectivity index (χ1) is 16.1. The predicted octanol–water partition coefficient (Wildman–Crippen LogP) is 4.28. The van der Waals surface area contributed by atoms with Gasteiger partial charge in [-0.25, -0.2) is 4.79 Å². The summed E-state index contributed by atoms with van der Waals surface area (Å²) in [5.74, 6) is -1.10. The number of benzene rings is 2. The summed E-state index contributed by atoms with van der Waals surface area (Å²) in [5.41, 5.74) is 3.86. The van der Waals surface area contributed by atoms with Crippen molar-refractivity contribution in [3.63, 3.8) is 0 Å². The Morgan fingerprint density at radius 1 is 1.00 bits per heavy atom. The molecule has 0 bridgehead atoms. The van der Waals surface area contributed by atoms with Gasteiger partial charge in [0.15, 0.2) is 6.10 Å². The van der Waals surface area contributed by atoms with Crippen LogP contribution in [-0.4, -0.2) is 23.9 Å². The number of rotatable bonds is 5. The summed E-state index contributed by atoms with van der Waals surface area (Å²) in [7, 11) is 0. The summed E-state index contributed by atoms with van der Waals surface area (Å²) in [5, 5.41) is 6.44. The van der Waals surface area contributed by atoms with Crippen LogP contribution in [-0.2, 0) is 35.3 Å². The normalized spacial score (nSPS) is 16.8. The fourth-order valence-corrected chi connectivity index (χ4v) is 5.72. The number of hydrogen-bond donors (Lipinski definition) is 2. The van der Waals surface area contributed by atoms with Crippen LogP contribution in [0, 0.1) is 0 Å². The molecule has 6 nitrogen and oxygen atoms in total. The second kappa shape index (κ2) is 9.19. The zero-order valence-corrected chi connectivity index (χ0v) is 18.9. The standard InChI is InChI=1S/C26H24N2O4S/c29-23(20-14-17-10-4-5-11-18(17)26(31)32-20)28-25-22(19-12-6-7-13-21(19)33-25)24(30)27-15-16-8-2-1-3-9-16/h1-5,8-11,20H,6-7,12-15H2,(H,27,30)(H,28,29). The van der Waals surface area contributed by atoms with Crippen molar-refractivity contribution in [1.82, 2.24) is 5.32 Å². The number of cyclic esters (lactones) is 1. The smallest absolute Gasteiger partial charge is 0.339 e. The van der Waals surface area contributed by atoms with E-state index in [1.54, 1.807) is 12.1 Å². The van der Waals surface area contributed by atoms with E-state index in [-0.39, 0.29) is 5.91 Å². The predicted molar refractivity (Wildman–Crippen MR) is 127 cm³/mol. The Kier molecular flexibility index (Phi) is 5.96. The van der Waals surface area contributed by atoms with Crippen LogP contribution in [0.2, 0.25) is 0 Å². The van der Waals surface area contributed by atoms with Crippen molar-refractivity contribution in [2.75, 3.05) is 5.32 Å². The maximum absolute atomic E-state index is 13.2. The van der Waals surface area contributed by atoms with Gasteiger partial charge in [0.05, 0.1) is 11.1 Å². The van der Waals surface area contributed by atoms with Crippen molar-refractivity contribution in [2.45, 2.75) is 44.8 Å². The van der Waals surface area contributed by atoms with Crippen LogP contribution in [0.4, 0.5) is 5.00 Å². The number of nitrogens with one attached hydrogen (secondary N) is 2. The van der Waals surface area contributed by atoms with Crippen molar-refractivity contribution in [2.24, 2.45) is 0 Å². The van der Waals surface area contributed by atoms with Gasteiger partial charge in [0.1, 0.15) is 5.00 Å². The number of thiophene rings is 1. The molecule has 1 atom stereocenters. The van der Waals surface area contributed by atoms with Crippen LogP contribution in [0.15, 0.2) is 54.6 Å². The molecule has 3 aromatic rings. The minimum absolute atomic E-state index is 0.195. The summed E-state index contributed by atoms with van der Waals surface area (Å²) in [6.45, 7) is 0.411. The maximum Gasteiger partial charge on any atom is 0.339 e. The molecule has 7 heteroatoms. The van der Waals surface area contributed by atoms with Gasteiger partial charge < -0.3 is 15.4 Å². The van der Waals surface area contributed by atoms with Gasteiger partial charge in [0.25, 0.3) is 11.8 Å². The number of fused-ring (bicyclic) bond motifs is 2. The third-order valence-electron chi connectivity index (χ3n) is 6.12. The van der Waals surface area contributed by atoms with E-state index in [0.29, 0.717) is 29.1 Å². The summed E-state index contributed by atoms with van der Waals surface area (Å²) in [6.07, 6.45) is 3.21. The zero-order chi connectivity index (χ0) is 22.8. The largest absolute Gasteiger partial charge is 0.448 e. The quantitative estimate of drug-likeness (QED) is 0.557. The highest BCUT2D eigenvalue weighted by molar-refractivity contribution is 7.17. The van der Waals surface area contributed by atoms with E-state index in [2.05, 4.69) is 10.6 Å². The highest BCUT2D eigenvalue weighted by Gasteiger charge is 2.33. The van der Waals surface area contributed by atoms with Crippen LogP contribution in [0.3, 0.4) is 0 Å². The molecule has 1 aliphatic carbocycles. The molecule has 0 saturated carbocycles. The molecule has 0 radical (unpaired) electrons. The van der Waals surface area contributed by atoms with Crippen LogP contribution >= 0.6 is 11.3 Å². The molecule has 2 aromatic carbocycles. The van der Waals surface area contributed by atoms with Crippen molar-refractivity contribution < 1.29 is 19.1 Å². The minimum atomic E-state index is -0.924. The molecular weight excluding hydrogens is 436 g/mol. The van der Waals surface area contributed by atoms with E-state index >= 15 is 0 Å². The van der Waals surface area contributed by atoms with E-state index < -0.39 is 18.0 Å².